The second kappa shape index (κ2) is 5.09. The number of carboxylic acid groups (broad SMARTS) is 1. The fourth-order valence-corrected chi connectivity index (χ4v) is 2.65. The van der Waals surface area contributed by atoms with Gasteiger partial charge < -0.3 is 14.7 Å². The van der Waals surface area contributed by atoms with Gasteiger partial charge in [0.25, 0.3) is 0 Å². The maximum atomic E-state index is 11.5. The number of anilines is 1. The normalized spacial score (nSPS) is 19.2. The van der Waals surface area contributed by atoms with Crippen LogP contribution in [0.5, 0.6) is 0 Å². The average Bonchev–Trinajstić information content (AvgIpc) is 2.46. The number of carbonyl (C=O) groups is 1. The lowest BCUT2D eigenvalue weighted by Gasteiger charge is -2.34. The smallest absolute Gasteiger partial charge is 0.339 e. The van der Waals surface area contributed by atoms with Gasteiger partial charge in [0.2, 0.25) is 0 Å². The third-order valence-electron chi connectivity index (χ3n) is 3.53. The fraction of sp³-hybridized carbons (Fsp3) is 0.333. The number of aromatic carboxylic acids is 1. The first-order chi connectivity index (χ1) is 9.66. The number of aromatic nitrogens is 1. The van der Waals surface area contributed by atoms with Gasteiger partial charge in [-0.25, -0.2) is 4.79 Å². The molecule has 1 aliphatic heterocycles. The van der Waals surface area contributed by atoms with E-state index in [0.29, 0.717) is 19.7 Å². The Balaban J connectivity index is 2.19. The lowest BCUT2D eigenvalue weighted by Crippen LogP contribution is -2.41. The Morgan fingerprint density at radius 1 is 1.45 bits per heavy atom. The monoisotopic (exact) mass is 272 g/mol. The molecule has 0 radical (unpaired) electrons. The van der Waals surface area contributed by atoms with E-state index in [9.17, 15) is 9.90 Å². The molecular formula is C15H16N2O3. The molecule has 1 unspecified atom stereocenters. The number of hydrogen-bond acceptors (Lipinski definition) is 4. The van der Waals surface area contributed by atoms with Gasteiger partial charge >= 0.3 is 5.97 Å². The van der Waals surface area contributed by atoms with Crippen molar-refractivity contribution in [1.29, 1.82) is 0 Å². The van der Waals surface area contributed by atoms with Gasteiger partial charge in [0, 0.05) is 24.7 Å². The average molecular weight is 272 g/mol. The Labute approximate surface area is 116 Å². The number of fused-ring (bicyclic) bond motifs is 1. The number of pyridine rings is 1. The maximum Gasteiger partial charge on any atom is 0.339 e. The number of ether oxygens (including phenoxy) is 1. The minimum atomic E-state index is -0.947. The molecule has 1 fully saturated rings. The summed E-state index contributed by atoms with van der Waals surface area (Å²) in [7, 11) is 0. The summed E-state index contributed by atoms with van der Waals surface area (Å²) in [5.41, 5.74) is 1.81. The molecule has 104 valence electrons. The van der Waals surface area contributed by atoms with Crippen LogP contribution in [0.25, 0.3) is 10.9 Å². The predicted octanol–water partition coefficient (Wildman–Crippen LogP) is 2.16. The zero-order chi connectivity index (χ0) is 14.1. The summed E-state index contributed by atoms with van der Waals surface area (Å²) >= 11 is 0. The SMILES string of the molecule is CC1CN(c2c(C(=O)O)cnc3ccccc23)CCO1. The molecule has 1 aromatic heterocycles. The fourth-order valence-electron chi connectivity index (χ4n) is 2.65. The molecule has 2 aromatic rings. The van der Waals surface area contributed by atoms with Gasteiger partial charge in [-0.2, -0.15) is 0 Å². The molecule has 5 nitrogen and oxygen atoms in total. The molecule has 0 spiro atoms. The number of hydrogen-bond donors (Lipinski definition) is 1. The zero-order valence-corrected chi connectivity index (χ0v) is 11.2. The first kappa shape index (κ1) is 12.9. The summed E-state index contributed by atoms with van der Waals surface area (Å²) in [5.74, 6) is -0.947. The molecule has 20 heavy (non-hydrogen) atoms. The quantitative estimate of drug-likeness (QED) is 0.907. The zero-order valence-electron chi connectivity index (χ0n) is 11.2. The highest BCUT2D eigenvalue weighted by molar-refractivity contribution is 6.04. The summed E-state index contributed by atoms with van der Waals surface area (Å²) in [6, 6.07) is 7.63. The van der Waals surface area contributed by atoms with Crippen molar-refractivity contribution in [2.45, 2.75) is 13.0 Å². The van der Waals surface area contributed by atoms with Crippen LogP contribution in [-0.4, -0.2) is 41.9 Å². The molecule has 1 atom stereocenters. The van der Waals surface area contributed by atoms with E-state index >= 15 is 0 Å². The van der Waals surface area contributed by atoms with Crippen LogP contribution in [-0.2, 0) is 4.74 Å². The highest BCUT2D eigenvalue weighted by atomic mass is 16.5. The van der Waals surface area contributed by atoms with Gasteiger partial charge in [0.05, 0.1) is 23.9 Å². The molecule has 1 saturated heterocycles. The highest BCUT2D eigenvalue weighted by Gasteiger charge is 2.24. The van der Waals surface area contributed by atoms with Crippen LogP contribution in [0.4, 0.5) is 5.69 Å². The van der Waals surface area contributed by atoms with Crippen LogP contribution < -0.4 is 4.90 Å². The molecule has 0 amide bonds. The van der Waals surface area contributed by atoms with E-state index in [1.807, 2.05) is 31.2 Å². The second-order valence-corrected chi connectivity index (χ2v) is 4.97. The van der Waals surface area contributed by atoms with Gasteiger partial charge in [0.1, 0.15) is 5.56 Å². The van der Waals surface area contributed by atoms with Crippen LogP contribution in [0, 0.1) is 0 Å². The highest BCUT2D eigenvalue weighted by Crippen LogP contribution is 2.30. The number of carboxylic acids is 1. The van der Waals surface area contributed by atoms with Gasteiger partial charge in [-0.15, -0.1) is 0 Å². The topological polar surface area (TPSA) is 62.7 Å². The van der Waals surface area contributed by atoms with Crippen LogP contribution in [0.2, 0.25) is 0 Å². The van der Waals surface area contributed by atoms with Crippen LogP contribution in [0.3, 0.4) is 0 Å². The summed E-state index contributed by atoms with van der Waals surface area (Å²) in [4.78, 5) is 17.8. The van der Waals surface area contributed by atoms with Crippen molar-refractivity contribution in [3.8, 4) is 0 Å². The molecule has 3 rings (SSSR count). The first-order valence-corrected chi connectivity index (χ1v) is 6.64. The number of rotatable bonds is 2. The standard InChI is InChI=1S/C15H16N2O3/c1-10-9-17(6-7-20-10)14-11-4-2-3-5-13(11)16-8-12(14)15(18)19/h2-5,8,10H,6-7,9H2,1H3,(H,18,19). The molecular weight excluding hydrogens is 256 g/mol. The van der Waals surface area contributed by atoms with E-state index in [-0.39, 0.29) is 11.7 Å². The van der Waals surface area contributed by atoms with E-state index in [1.165, 1.54) is 6.20 Å². The number of morpholine rings is 1. The molecule has 2 heterocycles. The Hall–Kier alpha value is -2.14. The van der Waals surface area contributed by atoms with Crippen molar-refractivity contribution in [3.63, 3.8) is 0 Å². The summed E-state index contributed by atoms with van der Waals surface area (Å²) < 4.78 is 5.54. The van der Waals surface area contributed by atoms with Crippen molar-refractivity contribution in [1.82, 2.24) is 4.98 Å². The van der Waals surface area contributed by atoms with Crippen molar-refractivity contribution in [2.24, 2.45) is 0 Å². The maximum absolute atomic E-state index is 11.5. The van der Waals surface area contributed by atoms with Gasteiger partial charge in [-0.3, -0.25) is 4.98 Å². The van der Waals surface area contributed by atoms with Gasteiger partial charge in [-0.1, -0.05) is 18.2 Å². The Bertz CT molecular complexity index is 657. The van der Waals surface area contributed by atoms with Gasteiger partial charge in [0.15, 0.2) is 0 Å². The lowest BCUT2D eigenvalue weighted by atomic mass is 10.1. The largest absolute Gasteiger partial charge is 0.478 e. The van der Waals surface area contributed by atoms with Crippen molar-refractivity contribution < 1.29 is 14.6 Å². The number of nitrogens with zero attached hydrogens (tertiary/aromatic N) is 2. The molecule has 1 aromatic carbocycles. The third kappa shape index (κ3) is 2.20. The Kier molecular flexibility index (Phi) is 3.28. The van der Waals surface area contributed by atoms with Crippen molar-refractivity contribution in [3.05, 3.63) is 36.0 Å². The molecule has 5 heteroatoms. The van der Waals surface area contributed by atoms with Crippen LogP contribution in [0.1, 0.15) is 17.3 Å². The van der Waals surface area contributed by atoms with E-state index in [1.54, 1.807) is 0 Å². The summed E-state index contributed by atoms with van der Waals surface area (Å²) in [6.45, 7) is 3.99. The van der Waals surface area contributed by atoms with Crippen LogP contribution >= 0.6 is 0 Å². The van der Waals surface area contributed by atoms with Crippen molar-refractivity contribution >= 4 is 22.6 Å². The van der Waals surface area contributed by atoms with Crippen molar-refractivity contribution in [2.75, 3.05) is 24.6 Å². The summed E-state index contributed by atoms with van der Waals surface area (Å²) in [5, 5.41) is 10.3. The molecule has 0 bridgehead atoms. The first-order valence-electron chi connectivity index (χ1n) is 6.64. The van der Waals surface area contributed by atoms with E-state index in [2.05, 4.69) is 9.88 Å². The van der Waals surface area contributed by atoms with Crippen LogP contribution in [0.15, 0.2) is 30.5 Å². The molecule has 1 aliphatic rings. The minimum Gasteiger partial charge on any atom is -0.478 e. The molecule has 0 aliphatic carbocycles. The Morgan fingerprint density at radius 2 is 2.25 bits per heavy atom. The Morgan fingerprint density at radius 3 is 3.00 bits per heavy atom. The third-order valence-corrected chi connectivity index (χ3v) is 3.53. The second-order valence-electron chi connectivity index (χ2n) is 4.97. The van der Waals surface area contributed by atoms with E-state index in [4.69, 9.17) is 4.74 Å². The number of benzene rings is 1. The van der Waals surface area contributed by atoms with E-state index < -0.39 is 5.97 Å². The van der Waals surface area contributed by atoms with Gasteiger partial charge in [-0.05, 0) is 13.0 Å². The lowest BCUT2D eigenvalue weighted by molar-refractivity contribution is 0.0529. The minimum absolute atomic E-state index is 0.0947. The number of para-hydroxylation sites is 1. The molecule has 0 saturated carbocycles. The van der Waals surface area contributed by atoms with E-state index in [0.717, 1.165) is 16.6 Å². The molecule has 1 N–H and O–H groups in total. The summed E-state index contributed by atoms with van der Waals surface area (Å²) in [6.07, 6.45) is 1.54. The predicted molar refractivity (Wildman–Crippen MR) is 76.3 cm³/mol.